The molecule has 0 saturated carbocycles. The van der Waals surface area contributed by atoms with Crippen LogP contribution in [0.1, 0.15) is 24.1 Å². The van der Waals surface area contributed by atoms with Crippen molar-refractivity contribution in [1.29, 1.82) is 5.26 Å². The van der Waals surface area contributed by atoms with Crippen molar-refractivity contribution in [3.63, 3.8) is 0 Å². The highest BCUT2D eigenvalue weighted by Crippen LogP contribution is 2.42. The van der Waals surface area contributed by atoms with Gasteiger partial charge in [-0.05, 0) is 43.1 Å². The van der Waals surface area contributed by atoms with Crippen molar-refractivity contribution in [2.45, 2.75) is 32.1 Å². The molecule has 2 saturated heterocycles. The van der Waals surface area contributed by atoms with Gasteiger partial charge in [-0.3, -0.25) is 9.58 Å². The van der Waals surface area contributed by atoms with E-state index < -0.39 is 12.7 Å². The maximum absolute atomic E-state index is 12.8. The first-order chi connectivity index (χ1) is 16.8. The molecular weight excluding hydrogens is 457 g/mol. The van der Waals surface area contributed by atoms with E-state index in [1.54, 1.807) is 0 Å². The minimum atomic E-state index is -4.34. The third kappa shape index (κ3) is 4.18. The number of hydrogen-bond acceptors (Lipinski definition) is 6. The van der Waals surface area contributed by atoms with E-state index in [9.17, 15) is 13.2 Å². The van der Waals surface area contributed by atoms with Crippen LogP contribution in [0.2, 0.25) is 0 Å². The number of H-pyrrole nitrogens is 1. The lowest BCUT2D eigenvalue weighted by Crippen LogP contribution is -2.31. The van der Waals surface area contributed by atoms with Crippen LogP contribution < -0.4 is 4.90 Å². The molecule has 1 N–H and O–H groups in total. The lowest BCUT2D eigenvalue weighted by Gasteiger charge is -2.25. The highest BCUT2D eigenvalue weighted by molar-refractivity contribution is 5.86. The molecule has 3 aromatic heterocycles. The van der Waals surface area contributed by atoms with Crippen molar-refractivity contribution < 1.29 is 13.2 Å². The number of hydrogen-bond donors (Lipinski definition) is 1. The maximum Gasteiger partial charge on any atom is 0.408 e. The summed E-state index contributed by atoms with van der Waals surface area (Å²) in [6.07, 6.45) is 0.511. The molecule has 0 aliphatic carbocycles. The number of nitriles is 1. The number of benzene rings is 1. The Labute approximate surface area is 199 Å². The van der Waals surface area contributed by atoms with Gasteiger partial charge in [-0.1, -0.05) is 6.07 Å². The number of nitrogens with zero attached hydrogens (tertiary/aromatic N) is 7. The van der Waals surface area contributed by atoms with Gasteiger partial charge in [0.1, 0.15) is 30.5 Å². The number of aromatic amines is 1. The first-order valence-corrected chi connectivity index (χ1v) is 11.5. The van der Waals surface area contributed by atoms with Crippen LogP contribution in [0.15, 0.2) is 36.8 Å². The molecule has 1 aromatic carbocycles. The Kier molecular flexibility index (Phi) is 4.96. The molecule has 2 fully saturated rings. The zero-order valence-corrected chi connectivity index (χ0v) is 18.9. The summed E-state index contributed by atoms with van der Waals surface area (Å²) in [5, 5.41) is 14.7. The predicted molar refractivity (Wildman–Crippen MR) is 124 cm³/mol. The highest BCUT2D eigenvalue weighted by atomic mass is 19.4. The lowest BCUT2D eigenvalue weighted by atomic mass is 9.86. The first-order valence-electron chi connectivity index (χ1n) is 11.5. The van der Waals surface area contributed by atoms with Crippen molar-refractivity contribution in [1.82, 2.24) is 29.6 Å². The zero-order chi connectivity index (χ0) is 24.2. The van der Waals surface area contributed by atoms with Crippen LogP contribution in [-0.4, -0.2) is 62.0 Å². The van der Waals surface area contributed by atoms with Gasteiger partial charge in [-0.25, -0.2) is 9.97 Å². The summed E-state index contributed by atoms with van der Waals surface area (Å²) in [5.74, 6) is 0.657. The molecular formula is C24H23F3N8. The number of anilines is 1. The molecule has 0 radical (unpaired) electrons. The van der Waals surface area contributed by atoms with Crippen LogP contribution in [0.25, 0.3) is 21.9 Å². The molecule has 1 unspecified atom stereocenters. The smallest absolute Gasteiger partial charge is 0.355 e. The summed E-state index contributed by atoms with van der Waals surface area (Å²) in [4.78, 5) is 16.2. The Morgan fingerprint density at radius 1 is 1.11 bits per heavy atom. The SMILES string of the molecule is N#Cc1cc2cc(CN3CCC4(CCN(c5ncnc6nn(CC(F)(F)F)cc56)C4)C3)ccc2[nH]1. The summed E-state index contributed by atoms with van der Waals surface area (Å²) in [6, 6.07) is 10.3. The molecule has 35 heavy (non-hydrogen) atoms. The summed E-state index contributed by atoms with van der Waals surface area (Å²) in [7, 11) is 0. The monoisotopic (exact) mass is 480 g/mol. The number of aromatic nitrogens is 5. The highest BCUT2D eigenvalue weighted by Gasteiger charge is 2.44. The summed E-state index contributed by atoms with van der Waals surface area (Å²) >= 11 is 0. The fourth-order valence-electron chi connectivity index (χ4n) is 5.60. The summed E-state index contributed by atoms with van der Waals surface area (Å²) < 4.78 is 39.4. The van der Waals surface area contributed by atoms with Gasteiger partial charge in [-0.2, -0.15) is 23.5 Å². The topological polar surface area (TPSA) is 89.7 Å². The fraction of sp³-hybridized carbons (Fsp3) is 0.417. The van der Waals surface area contributed by atoms with Gasteiger partial charge in [0.15, 0.2) is 5.65 Å². The Balaban J connectivity index is 1.16. The Morgan fingerprint density at radius 3 is 2.80 bits per heavy atom. The van der Waals surface area contributed by atoms with Gasteiger partial charge < -0.3 is 9.88 Å². The van der Waals surface area contributed by atoms with E-state index in [4.69, 9.17) is 5.26 Å². The molecule has 0 bridgehead atoms. The average Bonchev–Trinajstić information content (AvgIpc) is 3.58. The Bertz CT molecular complexity index is 1450. The second kappa shape index (κ2) is 7.95. The number of nitrogens with one attached hydrogen (secondary N) is 1. The van der Waals surface area contributed by atoms with E-state index >= 15 is 0 Å². The molecule has 2 aliphatic rings. The van der Waals surface area contributed by atoms with Crippen molar-refractivity contribution in [2.75, 3.05) is 31.1 Å². The van der Waals surface area contributed by atoms with Crippen LogP contribution in [0.3, 0.4) is 0 Å². The number of likely N-dealkylation sites (tertiary alicyclic amines) is 1. The minimum absolute atomic E-state index is 0.130. The molecule has 6 rings (SSSR count). The standard InChI is InChI=1S/C24H23F3N8/c25-24(26,27)14-35-11-19-21(32-35)29-15-30-22(19)34-6-4-23(13-34)3-5-33(12-23)10-16-1-2-20-17(7-16)8-18(9-28)31-20/h1-2,7-8,11,15,31H,3-6,10,12-14H2. The normalized spacial score (nSPS) is 21.0. The van der Waals surface area contributed by atoms with Crippen molar-refractivity contribution in [3.05, 3.63) is 48.0 Å². The van der Waals surface area contributed by atoms with E-state index in [2.05, 4.69) is 48.1 Å². The summed E-state index contributed by atoms with van der Waals surface area (Å²) in [5.41, 5.74) is 3.15. The van der Waals surface area contributed by atoms with Crippen LogP contribution >= 0.6 is 0 Å². The summed E-state index contributed by atoms with van der Waals surface area (Å²) in [6.45, 7) is 3.25. The van der Waals surface area contributed by atoms with Crippen LogP contribution in [0.4, 0.5) is 19.0 Å². The first kappa shape index (κ1) is 21.9. The molecule has 1 spiro atoms. The Hall–Kier alpha value is -3.65. The maximum atomic E-state index is 12.8. The van der Waals surface area contributed by atoms with E-state index in [1.165, 1.54) is 18.1 Å². The number of alkyl halides is 3. The van der Waals surface area contributed by atoms with Gasteiger partial charge in [0.05, 0.1) is 5.39 Å². The fourth-order valence-corrected chi connectivity index (χ4v) is 5.60. The average molecular weight is 480 g/mol. The molecule has 0 amide bonds. The quantitative estimate of drug-likeness (QED) is 0.477. The van der Waals surface area contributed by atoms with E-state index in [0.717, 1.165) is 61.2 Å². The lowest BCUT2D eigenvalue weighted by molar-refractivity contribution is -0.142. The van der Waals surface area contributed by atoms with Gasteiger partial charge in [0.2, 0.25) is 0 Å². The zero-order valence-electron chi connectivity index (χ0n) is 18.9. The number of rotatable bonds is 4. The minimum Gasteiger partial charge on any atom is -0.355 e. The molecule has 1 atom stereocenters. The van der Waals surface area contributed by atoms with Crippen molar-refractivity contribution in [2.24, 2.45) is 5.41 Å². The van der Waals surface area contributed by atoms with Crippen LogP contribution in [0.5, 0.6) is 0 Å². The second-order valence-corrected chi connectivity index (χ2v) is 9.73. The third-order valence-electron chi connectivity index (χ3n) is 7.15. The largest absolute Gasteiger partial charge is 0.408 e. The Morgan fingerprint density at radius 2 is 1.97 bits per heavy atom. The van der Waals surface area contributed by atoms with Gasteiger partial charge >= 0.3 is 6.18 Å². The molecule has 11 heteroatoms. The van der Waals surface area contributed by atoms with E-state index in [0.29, 0.717) is 16.9 Å². The molecule has 4 aromatic rings. The second-order valence-electron chi connectivity index (χ2n) is 9.73. The van der Waals surface area contributed by atoms with Crippen LogP contribution in [-0.2, 0) is 13.1 Å². The molecule has 5 heterocycles. The van der Waals surface area contributed by atoms with Gasteiger partial charge in [-0.15, -0.1) is 0 Å². The number of fused-ring (bicyclic) bond motifs is 2. The van der Waals surface area contributed by atoms with Crippen molar-refractivity contribution in [3.8, 4) is 6.07 Å². The van der Waals surface area contributed by atoms with E-state index in [1.807, 2.05) is 12.1 Å². The third-order valence-corrected chi connectivity index (χ3v) is 7.15. The van der Waals surface area contributed by atoms with Crippen molar-refractivity contribution >= 4 is 27.8 Å². The van der Waals surface area contributed by atoms with E-state index in [-0.39, 0.29) is 11.1 Å². The molecule has 180 valence electrons. The van der Waals surface area contributed by atoms with Crippen LogP contribution in [0, 0.1) is 16.7 Å². The van der Waals surface area contributed by atoms with Gasteiger partial charge in [0, 0.05) is 48.7 Å². The number of halogens is 3. The predicted octanol–water partition coefficient (Wildman–Crippen LogP) is 3.84. The van der Waals surface area contributed by atoms with Gasteiger partial charge in [0.25, 0.3) is 0 Å². The molecule has 8 nitrogen and oxygen atoms in total. The molecule has 2 aliphatic heterocycles.